The second-order valence-electron chi connectivity index (χ2n) is 7.46. The van der Waals surface area contributed by atoms with Crippen molar-refractivity contribution in [2.75, 3.05) is 17.7 Å². The van der Waals surface area contributed by atoms with Crippen molar-refractivity contribution in [2.45, 2.75) is 44.4 Å². The highest BCUT2D eigenvalue weighted by atomic mass is 16.5. The van der Waals surface area contributed by atoms with Crippen LogP contribution in [0.3, 0.4) is 0 Å². The van der Waals surface area contributed by atoms with E-state index in [1.54, 1.807) is 10.9 Å². The van der Waals surface area contributed by atoms with E-state index < -0.39 is 0 Å². The highest BCUT2D eigenvalue weighted by Gasteiger charge is 2.22. The van der Waals surface area contributed by atoms with Crippen LogP contribution in [-0.2, 0) is 18.4 Å². The molecule has 0 saturated heterocycles. The van der Waals surface area contributed by atoms with Crippen LogP contribution in [0.2, 0.25) is 0 Å². The lowest BCUT2D eigenvalue weighted by atomic mass is 9.93. The van der Waals surface area contributed by atoms with Gasteiger partial charge in [0.25, 0.3) is 0 Å². The van der Waals surface area contributed by atoms with Crippen LogP contribution in [0.1, 0.15) is 31.2 Å². The van der Waals surface area contributed by atoms with Gasteiger partial charge in [-0.05, 0) is 37.3 Å². The van der Waals surface area contributed by atoms with Gasteiger partial charge in [-0.3, -0.25) is 4.68 Å². The van der Waals surface area contributed by atoms with E-state index in [1.807, 2.05) is 32.4 Å². The monoisotopic (exact) mass is 392 g/mol. The molecular weight excluding hydrogens is 364 g/mol. The van der Waals surface area contributed by atoms with Crippen molar-refractivity contribution >= 4 is 11.8 Å². The van der Waals surface area contributed by atoms with Crippen LogP contribution in [0.25, 0.3) is 11.3 Å². The van der Waals surface area contributed by atoms with Crippen LogP contribution in [-0.4, -0.2) is 38.9 Å². The predicted molar refractivity (Wildman–Crippen MR) is 115 cm³/mol. The molecule has 0 radical (unpaired) electrons. The van der Waals surface area contributed by atoms with Gasteiger partial charge in [0.15, 0.2) is 0 Å². The summed E-state index contributed by atoms with van der Waals surface area (Å²) in [6, 6.07) is 12.7. The molecule has 29 heavy (non-hydrogen) atoms. The van der Waals surface area contributed by atoms with Crippen molar-refractivity contribution in [3.8, 4) is 11.3 Å². The maximum absolute atomic E-state index is 6.10. The number of ether oxygens (including phenoxy) is 1. The number of aryl methyl sites for hydroxylation is 1. The third-order valence-electron chi connectivity index (χ3n) is 5.44. The van der Waals surface area contributed by atoms with Gasteiger partial charge in [-0.2, -0.15) is 5.10 Å². The maximum atomic E-state index is 6.10. The molecule has 1 aromatic carbocycles. The van der Waals surface area contributed by atoms with Crippen molar-refractivity contribution in [1.82, 2.24) is 19.7 Å². The highest BCUT2D eigenvalue weighted by Crippen LogP contribution is 2.27. The lowest BCUT2D eigenvalue weighted by Gasteiger charge is -2.29. The molecule has 7 nitrogen and oxygen atoms in total. The summed E-state index contributed by atoms with van der Waals surface area (Å²) in [5.74, 6) is 1.60. The summed E-state index contributed by atoms with van der Waals surface area (Å²) < 4.78 is 7.90. The Bertz CT molecular complexity index is 918. The molecule has 2 heterocycles. The first-order valence-electron chi connectivity index (χ1n) is 10.2. The number of benzene rings is 1. The average molecular weight is 393 g/mol. The number of nitrogens with one attached hydrogen (secondary N) is 2. The Kier molecular flexibility index (Phi) is 6.05. The number of hydrogen-bond donors (Lipinski definition) is 2. The molecule has 1 saturated carbocycles. The molecule has 0 unspecified atom stereocenters. The molecule has 152 valence electrons. The molecule has 7 heteroatoms. The zero-order valence-electron chi connectivity index (χ0n) is 17.0. The molecule has 0 spiro atoms. The first-order chi connectivity index (χ1) is 14.2. The van der Waals surface area contributed by atoms with Gasteiger partial charge in [0.2, 0.25) is 5.95 Å². The zero-order chi connectivity index (χ0) is 20.1. The molecular formula is C22H28N6O. The number of rotatable bonds is 7. The van der Waals surface area contributed by atoms with Gasteiger partial charge in [-0.1, -0.05) is 30.3 Å². The predicted octanol–water partition coefficient (Wildman–Crippen LogP) is 3.86. The molecule has 0 amide bonds. The summed E-state index contributed by atoms with van der Waals surface area (Å²) in [5, 5.41) is 11.0. The minimum Gasteiger partial charge on any atom is -0.374 e. The summed E-state index contributed by atoms with van der Waals surface area (Å²) in [6.45, 7) is 0.688. The Morgan fingerprint density at radius 2 is 1.90 bits per heavy atom. The second-order valence-corrected chi connectivity index (χ2v) is 7.46. The van der Waals surface area contributed by atoms with Gasteiger partial charge >= 0.3 is 0 Å². The fourth-order valence-electron chi connectivity index (χ4n) is 3.84. The maximum Gasteiger partial charge on any atom is 0.223 e. The minimum atomic E-state index is 0.328. The minimum absolute atomic E-state index is 0.328. The smallest absolute Gasteiger partial charge is 0.223 e. The van der Waals surface area contributed by atoms with Crippen molar-refractivity contribution in [3.05, 3.63) is 54.4 Å². The number of aromatic nitrogens is 4. The Hall–Kier alpha value is -2.93. The van der Waals surface area contributed by atoms with Gasteiger partial charge in [0.1, 0.15) is 5.82 Å². The summed E-state index contributed by atoms with van der Waals surface area (Å²) in [6.07, 6.45) is 8.17. The van der Waals surface area contributed by atoms with Crippen molar-refractivity contribution in [1.29, 1.82) is 0 Å². The van der Waals surface area contributed by atoms with Crippen molar-refractivity contribution < 1.29 is 4.74 Å². The summed E-state index contributed by atoms with van der Waals surface area (Å²) in [7, 11) is 3.80. The van der Waals surface area contributed by atoms with E-state index in [1.165, 1.54) is 5.56 Å². The van der Waals surface area contributed by atoms with Crippen molar-refractivity contribution in [2.24, 2.45) is 7.05 Å². The SMILES string of the molecule is CNc1c(-c2ccnc(NC3CCC(OCc4ccccc4)CC3)n2)cnn1C. The van der Waals surface area contributed by atoms with Crippen LogP contribution in [0.4, 0.5) is 11.8 Å². The Labute approximate surface area is 171 Å². The zero-order valence-corrected chi connectivity index (χ0v) is 17.0. The Morgan fingerprint density at radius 1 is 1.10 bits per heavy atom. The van der Waals surface area contributed by atoms with Gasteiger partial charge in [0, 0.05) is 26.3 Å². The molecule has 0 aliphatic heterocycles. The molecule has 1 aliphatic carbocycles. The molecule has 1 fully saturated rings. The van der Waals surface area contributed by atoms with Gasteiger partial charge in [-0.15, -0.1) is 0 Å². The molecule has 4 rings (SSSR count). The Balaban J connectivity index is 1.31. The first kappa shape index (κ1) is 19.4. The average Bonchev–Trinajstić information content (AvgIpc) is 3.15. The standard InChI is InChI=1S/C22H28N6O/c1-23-21-19(14-25-28(21)2)20-12-13-24-22(27-20)26-17-8-10-18(11-9-17)29-15-16-6-4-3-5-7-16/h3-7,12-14,17-18,23H,8-11,15H2,1-2H3,(H,24,26,27). The fraction of sp³-hybridized carbons (Fsp3) is 0.409. The lowest BCUT2D eigenvalue weighted by Crippen LogP contribution is -2.30. The van der Waals surface area contributed by atoms with E-state index in [4.69, 9.17) is 9.72 Å². The van der Waals surface area contributed by atoms with Gasteiger partial charge in [0.05, 0.1) is 30.2 Å². The summed E-state index contributed by atoms with van der Waals surface area (Å²) in [4.78, 5) is 9.12. The normalized spacial score (nSPS) is 19.1. The summed E-state index contributed by atoms with van der Waals surface area (Å²) >= 11 is 0. The first-order valence-corrected chi connectivity index (χ1v) is 10.2. The topological polar surface area (TPSA) is 76.9 Å². The quantitative estimate of drug-likeness (QED) is 0.636. The van der Waals surface area contributed by atoms with Crippen molar-refractivity contribution in [3.63, 3.8) is 0 Å². The van der Waals surface area contributed by atoms with E-state index in [-0.39, 0.29) is 0 Å². The fourth-order valence-corrected chi connectivity index (χ4v) is 3.84. The third-order valence-corrected chi connectivity index (χ3v) is 5.44. The van der Waals surface area contributed by atoms with Gasteiger partial charge in [-0.25, -0.2) is 9.97 Å². The molecule has 1 aliphatic rings. The Morgan fingerprint density at radius 3 is 2.66 bits per heavy atom. The third kappa shape index (κ3) is 4.74. The second kappa shape index (κ2) is 9.05. The van der Waals surface area contributed by atoms with Crippen LogP contribution in [0.15, 0.2) is 48.8 Å². The number of nitrogens with zero attached hydrogens (tertiary/aromatic N) is 4. The lowest BCUT2D eigenvalue weighted by molar-refractivity contribution is 0.0149. The molecule has 3 aromatic rings. The van der Waals surface area contributed by atoms with Crippen LogP contribution >= 0.6 is 0 Å². The van der Waals surface area contributed by atoms with Crippen LogP contribution < -0.4 is 10.6 Å². The largest absolute Gasteiger partial charge is 0.374 e. The van der Waals surface area contributed by atoms with Crippen LogP contribution in [0, 0.1) is 0 Å². The molecule has 0 bridgehead atoms. The van der Waals surface area contributed by atoms with E-state index in [9.17, 15) is 0 Å². The molecule has 2 N–H and O–H groups in total. The van der Waals surface area contributed by atoms with E-state index in [0.717, 1.165) is 42.8 Å². The van der Waals surface area contributed by atoms with E-state index >= 15 is 0 Å². The van der Waals surface area contributed by atoms with E-state index in [0.29, 0.717) is 24.7 Å². The number of hydrogen-bond acceptors (Lipinski definition) is 6. The van der Waals surface area contributed by atoms with E-state index in [2.05, 4.69) is 45.0 Å². The molecule has 0 atom stereocenters. The van der Waals surface area contributed by atoms with Gasteiger partial charge < -0.3 is 15.4 Å². The summed E-state index contributed by atoms with van der Waals surface area (Å²) in [5.41, 5.74) is 3.06. The molecule has 2 aromatic heterocycles. The number of anilines is 2. The van der Waals surface area contributed by atoms with Crippen LogP contribution in [0.5, 0.6) is 0 Å². The highest BCUT2D eigenvalue weighted by molar-refractivity contribution is 5.72.